The second-order valence-corrected chi connectivity index (χ2v) is 5.97. The number of rotatable bonds is 3. The first-order chi connectivity index (χ1) is 8.20. The predicted octanol–water partition coefficient (Wildman–Crippen LogP) is 3.87. The second-order valence-electron chi connectivity index (χ2n) is 4.15. The van der Waals surface area contributed by atoms with Gasteiger partial charge in [0.15, 0.2) is 0 Å². The molecule has 1 heterocycles. The summed E-state index contributed by atoms with van der Waals surface area (Å²) in [5, 5.41) is 4.78. The zero-order valence-corrected chi connectivity index (χ0v) is 11.9. The zero-order chi connectivity index (χ0) is 12.3. The molecule has 0 radical (unpaired) electrons. The molecule has 0 spiro atoms. The maximum absolute atomic E-state index is 6.05. The van der Waals surface area contributed by atoms with Gasteiger partial charge in [-0.3, -0.25) is 0 Å². The lowest BCUT2D eigenvalue weighted by molar-refractivity contribution is 0.474. The molecule has 1 aromatic rings. The minimum Gasteiger partial charge on any atom is -0.365 e. The smallest absolute Gasteiger partial charge is 0.224 e. The average Bonchev–Trinajstić information content (AvgIpc) is 2.34. The second kappa shape index (κ2) is 6.12. The maximum Gasteiger partial charge on any atom is 0.224 e. The van der Waals surface area contributed by atoms with Gasteiger partial charge in [-0.25, -0.2) is 4.98 Å². The van der Waals surface area contributed by atoms with Crippen molar-refractivity contribution in [2.24, 2.45) is 0 Å². The number of nitrogens with one attached hydrogen (secondary N) is 1. The summed E-state index contributed by atoms with van der Waals surface area (Å²) in [5.74, 6) is 0.651. The van der Waals surface area contributed by atoms with Gasteiger partial charge in [0.2, 0.25) is 5.28 Å². The van der Waals surface area contributed by atoms with Gasteiger partial charge in [0.1, 0.15) is 10.8 Å². The highest BCUT2D eigenvalue weighted by atomic mass is 35.5. The Morgan fingerprint density at radius 1 is 1.35 bits per heavy atom. The minimum absolute atomic E-state index is 0.230. The number of aromatic nitrogens is 2. The van der Waals surface area contributed by atoms with E-state index in [9.17, 15) is 0 Å². The van der Waals surface area contributed by atoms with Crippen LogP contribution in [-0.4, -0.2) is 27.5 Å². The van der Waals surface area contributed by atoms with Crippen LogP contribution in [0.1, 0.15) is 25.7 Å². The summed E-state index contributed by atoms with van der Waals surface area (Å²) in [7, 11) is 0. The Bertz CT molecular complexity index is 389. The third kappa shape index (κ3) is 3.39. The molecule has 6 heteroatoms. The molecule has 3 nitrogen and oxygen atoms in total. The molecule has 2 unspecified atom stereocenters. The highest BCUT2D eigenvalue weighted by Gasteiger charge is 2.25. The van der Waals surface area contributed by atoms with E-state index in [0.29, 0.717) is 22.1 Å². The third-order valence-electron chi connectivity index (χ3n) is 3.04. The van der Waals surface area contributed by atoms with E-state index in [1.807, 2.05) is 11.8 Å². The Morgan fingerprint density at radius 2 is 2.12 bits per heavy atom. The molecule has 0 saturated heterocycles. The monoisotopic (exact) mass is 291 g/mol. The standard InChI is InChI=1S/C11H15Cl2N3S/c1-17-9-5-3-2-4-8(9)15-10-7(12)6-14-11(13)16-10/h6,8-9H,2-5H2,1H3,(H,14,15,16). The van der Waals surface area contributed by atoms with Crippen molar-refractivity contribution in [2.75, 3.05) is 11.6 Å². The van der Waals surface area contributed by atoms with E-state index in [1.54, 1.807) is 0 Å². The first-order valence-electron chi connectivity index (χ1n) is 5.68. The van der Waals surface area contributed by atoms with Crippen LogP contribution in [0.3, 0.4) is 0 Å². The molecule has 1 saturated carbocycles. The summed E-state index contributed by atoms with van der Waals surface area (Å²) in [6.07, 6.45) is 8.65. The third-order valence-corrected chi connectivity index (χ3v) is 4.67. The Balaban J connectivity index is 2.10. The molecular formula is C11H15Cl2N3S. The normalized spacial score (nSPS) is 24.6. The van der Waals surface area contributed by atoms with Gasteiger partial charge in [-0.15, -0.1) is 0 Å². The summed E-state index contributed by atoms with van der Waals surface area (Å²) in [4.78, 5) is 7.99. The van der Waals surface area contributed by atoms with Gasteiger partial charge < -0.3 is 5.32 Å². The molecule has 0 aliphatic heterocycles. The van der Waals surface area contributed by atoms with Crippen molar-refractivity contribution < 1.29 is 0 Å². The van der Waals surface area contributed by atoms with Gasteiger partial charge in [-0.2, -0.15) is 16.7 Å². The van der Waals surface area contributed by atoms with Gasteiger partial charge in [0.25, 0.3) is 0 Å². The van der Waals surface area contributed by atoms with Crippen LogP contribution in [0.2, 0.25) is 10.3 Å². The van der Waals surface area contributed by atoms with Gasteiger partial charge in [-0.05, 0) is 30.7 Å². The van der Waals surface area contributed by atoms with Crippen LogP contribution in [0.15, 0.2) is 6.20 Å². The van der Waals surface area contributed by atoms with Crippen molar-refractivity contribution in [3.8, 4) is 0 Å². The van der Waals surface area contributed by atoms with Gasteiger partial charge >= 0.3 is 0 Å². The molecule has 0 aromatic carbocycles. The summed E-state index contributed by atoms with van der Waals surface area (Å²) in [6.45, 7) is 0. The highest BCUT2D eigenvalue weighted by Crippen LogP contribution is 2.30. The first-order valence-corrected chi connectivity index (χ1v) is 7.72. The van der Waals surface area contributed by atoms with Crippen molar-refractivity contribution in [1.82, 2.24) is 9.97 Å². The van der Waals surface area contributed by atoms with Gasteiger partial charge in [0, 0.05) is 11.3 Å². The number of hydrogen-bond donors (Lipinski definition) is 1. The molecule has 1 N–H and O–H groups in total. The predicted molar refractivity (Wildman–Crippen MR) is 75.2 cm³/mol. The van der Waals surface area contributed by atoms with Crippen LogP contribution in [0, 0.1) is 0 Å². The van der Waals surface area contributed by atoms with Crippen molar-refractivity contribution in [1.29, 1.82) is 0 Å². The molecule has 17 heavy (non-hydrogen) atoms. The lowest BCUT2D eigenvalue weighted by Crippen LogP contribution is -2.34. The van der Waals surface area contributed by atoms with Crippen LogP contribution < -0.4 is 5.32 Å². The topological polar surface area (TPSA) is 37.8 Å². The average molecular weight is 292 g/mol. The largest absolute Gasteiger partial charge is 0.365 e. The van der Waals surface area contributed by atoms with Crippen molar-refractivity contribution in [2.45, 2.75) is 37.0 Å². The number of nitrogens with zero attached hydrogens (tertiary/aromatic N) is 2. The van der Waals surface area contributed by atoms with Crippen LogP contribution in [0.25, 0.3) is 0 Å². The lowest BCUT2D eigenvalue weighted by atomic mass is 9.95. The SMILES string of the molecule is CSC1CCCCC1Nc1nc(Cl)ncc1Cl. The fraction of sp³-hybridized carbons (Fsp3) is 0.636. The van der Waals surface area contributed by atoms with Gasteiger partial charge in [-0.1, -0.05) is 24.4 Å². The fourth-order valence-corrected chi connectivity index (χ4v) is 3.38. The molecule has 0 amide bonds. The Labute approximate surface area is 116 Å². The molecule has 2 rings (SSSR count). The van der Waals surface area contributed by atoms with E-state index in [2.05, 4.69) is 21.5 Å². The molecule has 1 fully saturated rings. The number of thioether (sulfide) groups is 1. The van der Waals surface area contributed by atoms with E-state index in [1.165, 1.54) is 25.5 Å². The molecule has 2 atom stereocenters. The van der Waals surface area contributed by atoms with E-state index < -0.39 is 0 Å². The molecule has 1 aliphatic rings. The van der Waals surface area contributed by atoms with Crippen molar-refractivity contribution >= 4 is 40.8 Å². The minimum atomic E-state index is 0.230. The number of halogens is 2. The van der Waals surface area contributed by atoms with E-state index in [4.69, 9.17) is 23.2 Å². The van der Waals surface area contributed by atoms with Crippen LogP contribution in [0.5, 0.6) is 0 Å². The Morgan fingerprint density at radius 3 is 2.88 bits per heavy atom. The van der Waals surface area contributed by atoms with E-state index in [-0.39, 0.29) is 5.28 Å². The van der Waals surface area contributed by atoms with E-state index >= 15 is 0 Å². The quantitative estimate of drug-likeness (QED) is 0.858. The maximum atomic E-state index is 6.05. The van der Waals surface area contributed by atoms with Crippen molar-refractivity contribution in [3.63, 3.8) is 0 Å². The number of anilines is 1. The number of hydrogen-bond acceptors (Lipinski definition) is 4. The Kier molecular flexibility index (Phi) is 4.77. The molecule has 94 valence electrons. The first kappa shape index (κ1) is 13.2. The molecule has 1 aromatic heterocycles. The summed E-state index contributed by atoms with van der Waals surface area (Å²) >= 11 is 13.7. The van der Waals surface area contributed by atoms with Gasteiger partial charge in [0.05, 0.1) is 6.20 Å². The molecule has 0 bridgehead atoms. The molecular weight excluding hydrogens is 277 g/mol. The van der Waals surface area contributed by atoms with Crippen LogP contribution in [0.4, 0.5) is 5.82 Å². The summed E-state index contributed by atoms with van der Waals surface area (Å²) in [5.41, 5.74) is 0. The van der Waals surface area contributed by atoms with E-state index in [0.717, 1.165) is 6.42 Å². The highest BCUT2D eigenvalue weighted by molar-refractivity contribution is 7.99. The van der Waals surface area contributed by atoms with Crippen LogP contribution >= 0.6 is 35.0 Å². The van der Waals surface area contributed by atoms with Crippen LogP contribution in [-0.2, 0) is 0 Å². The zero-order valence-electron chi connectivity index (χ0n) is 9.62. The van der Waals surface area contributed by atoms with Crippen molar-refractivity contribution in [3.05, 3.63) is 16.5 Å². The fourth-order valence-electron chi connectivity index (χ4n) is 2.17. The summed E-state index contributed by atoms with van der Waals surface area (Å²) in [6, 6.07) is 0.419. The molecule has 1 aliphatic carbocycles. The Hall–Kier alpha value is -0.190. The lowest BCUT2D eigenvalue weighted by Gasteiger charge is -2.31. The summed E-state index contributed by atoms with van der Waals surface area (Å²) < 4.78 is 0.